The Morgan fingerprint density at radius 1 is 1.36 bits per heavy atom. The van der Waals surface area contributed by atoms with Crippen LogP contribution in [0.15, 0.2) is 30.3 Å². The van der Waals surface area contributed by atoms with Gasteiger partial charge in [-0.3, -0.25) is 4.79 Å². The summed E-state index contributed by atoms with van der Waals surface area (Å²) < 4.78 is 2.03. The molecule has 0 saturated heterocycles. The van der Waals surface area contributed by atoms with Crippen molar-refractivity contribution < 1.29 is 4.79 Å². The highest BCUT2D eigenvalue weighted by molar-refractivity contribution is 5.91. The molecular weight excluding hydrogens is 276 g/mol. The molecule has 0 bridgehead atoms. The Labute approximate surface area is 130 Å². The van der Waals surface area contributed by atoms with Crippen molar-refractivity contribution in [2.75, 3.05) is 5.32 Å². The molecule has 3 rings (SSSR count). The summed E-state index contributed by atoms with van der Waals surface area (Å²) in [7, 11) is 0. The van der Waals surface area contributed by atoms with Crippen molar-refractivity contribution in [3.05, 3.63) is 41.7 Å². The molecule has 1 heterocycles. The highest BCUT2D eigenvalue weighted by atomic mass is 16.1. The third kappa shape index (κ3) is 3.03. The molecule has 1 unspecified atom stereocenters. The van der Waals surface area contributed by atoms with Crippen LogP contribution in [-0.4, -0.2) is 20.9 Å². The zero-order chi connectivity index (χ0) is 15.5. The number of hydrogen-bond donors (Lipinski definition) is 1. The molecule has 22 heavy (non-hydrogen) atoms. The second-order valence-electron chi connectivity index (χ2n) is 6.11. The van der Waals surface area contributed by atoms with Crippen LogP contribution in [0.4, 0.5) is 5.69 Å². The summed E-state index contributed by atoms with van der Waals surface area (Å²) >= 11 is 0. The Hall–Kier alpha value is -2.17. The number of carbonyl (C=O) groups excluding carboxylic acids is 1. The van der Waals surface area contributed by atoms with Gasteiger partial charge in [0.15, 0.2) is 0 Å². The maximum atomic E-state index is 12.1. The van der Waals surface area contributed by atoms with Gasteiger partial charge in [-0.05, 0) is 38.3 Å². The van der Waals surface area contributed by atoms with Crippen molar-refractivity contribution in [3.8, 4) is 0 Å². The van der Waals surface area contributed by atoms with Crippen LogP contribution in [0, 0.1) is 6.92 Å². The Morgan fingerprint density at radius 3 is 2.73 bits per heavy atom. The van der Waals surface area contributed by atoms with E-state index in [9.17, 15) is 4.79 Å². The van der Waals surface area contributed by atoms with Crippen LogP contribution in [0.3, 0.4) is 0 Å². The number of anilines is 1. The second-order valence-corrected chi connectivity index (χ2v) is 6.11. The van der Waals surface area contributed by atoms with Gasteiger partial charge in [-0.2, -0.15) is 0 Å². The highest BCUT2D eigenvalue weighted by Crippen LogP contribution is 2.33. The minimum absolute atomic E-state index is 0.0105. The normalized spacial score (nSPS) is 16.1. The maximum Gasteiger partial charge on any atom is 0.225 e. The third-order valence-corrected chi connectivity index (χ3v) is 4.40. The first-order valence-electron chi connectivity index (χ1n) is 7.91. The minimum Gasteiger partial charge on any atom is -0.326 e. The summed E-state index contributed by atoms with van der Waals surface area (Å²) in [5.41, 5.74) is 2.87. The molecule has 0 spiro atoms. The number of nitrogens with zero attached hydrogens (tertiary/aromatic N) is 3. The first kappa shape index (κ1) is 14.8. The molecule has 0 aliphatic heterocycles. The van der Waals surface area contributed by atoms with E-state index < -0.39 is 0 Å². The smallest absolute Gasteiger partial charge is 0.225 e. The number of hydrogen-bond acceptors (Lipinski definition) is 3. The predicted octanol–water partition coefficient (Wildman–Crippen LogP) is 3.44. The van der Waals surface area contributed by atoms with E-state index in [1.807, 2.05) is 41.9 Å². The molecule has 5 heteroatoms. The molecule has 1 amide bonds. The first-order valence-corrected chi connectivity index (χ1v) is 7.91. The number of para-hydroxylation sites is 1. The lowest BCUT2D eigenvalue weighted by Gasteiger charge is -2.26. The number of nitrogens with one attached hydrogen (secondary N) is 1. The van der Waals surface area contributed by atoms with Gasteiger partial charge < -0.3 is 5.32 Å². The summed E-state index contributed by atoms with van der Waals surface area (Å²) in [5, 5.41) is 11.5. The van der Waals surface area contributed by atoms with E-state index in [0.29, 0.717) is 12.5 Å². The SMILES string of the molecule is Cc1c(C(C)CC(=O)Nc2ccccc2)nnn1C1CCC1. The third-order valence-electron chi connectivity index (χ3n) is 4.40. The molecule has 1 aromatic heterocycles. The summed E-state index contributed by atoms with van der Waals surface area (Å²) in [4.78, 5) is 12.1. The molecule has 1 saturated carbocycles. The predicted molar refractivity (Wildman–Crippen MR) is 85.8 cm³/mol. The number of amides is 1. The standard InChI is InChI=1S/C17H22N4O/c1-12(11-16(22)18-14-7-4-3-5-8-14)17-13(2)21(20-19-17)15-9-6-10-15/h3-5,7-8,12,15H,6,9-11H2,1-2H3,(H,18,22). The van der Waals surface area contributed by atoms with E-state index in [0.717, 1.165) is 17.1 Å². The molecule has 116 valence electrons. The molecule has 5 nitrogen and oxygen atoms in total. The van der Waals surface area contributed by atoms with E-state index in [2.05, 4.69) is 22.6 Å². The molecule has 1 N–H and O–H groups in total. The molecule has 1 aliphatic carbocycles. The molecular formula is C17H22N4O. The Morgan fingerprint density at radius 2 is 2.09 bits per heavy atom. The van der Waals surface area contributed by atoms with Crippen LogP contribution >= 0.6 is 0 Å². The van der Waals surface area contributed by atoms with Crippen LogP contribution in [0.1, 0.15) is 56.0 Å². The van der Waals surface area contributed by atoms with Crippen molar-refractivity contribution in [3.63, 3.8) is 0 Å². The molecule has 1 aromatic carbocycles. The van der Waals surface area contributed by atoms with Gasteiger partial charge in [-0.15, -0.1) is 5.10 Å². The van der Waals surface area contributed by atoms with Crippen molar-refractivity contribution in [2.45, 2.75) is 51.5 Å². The van der Waals surface area contributed by atoms with Gasteiger partial charge in [0.2, 0.25) is 5.91 Å². The number of aromatic nitrogens is 3. The Bertz CT molecular complexity index is 646. The zero-order valence-electron chi connectivity index (χ0n) is 13.1. The average molecular weight is 298 g/mol. The minimum atomic E-state index is 0.0105. The van der Waals surface area contributed by atoms with Crippen molar-refractivity contribution in [1.29, 1.82) is 0 Å². The van der Waals surface area contributed by atoms with Crippen LogP contribution < -0.4 is 5.32 Å². The Kier molecular flexibility index (Phi) is 4.22. The van der Waals surface area contributed by atoms with Gasteiger partial charge in [0.05, 0.1) is 17.4 Å². The summed E-state index contributed by atoms with van der Waals surface area (Å²) in [5.74, 6) is 0.0776. The van der Waals surface area contributed by atoms with Gasteiger partial charge in [0, 0.05) is 18.0 Å². The second kappa shape index (κ2) is 6.30. The van der Waals surface area contributed by atoms with E-state index >= 15 is 0 Å². The molecule has 0 radical (unpaired) electrons. The quantitative estimate of drug-likeness (QED) is 0.919. The average Bonchev–Trinajstić information content (AvgIpc) is 2.80. The van der Waals surface area contributed by atoms with Crippen LogP contribution in [0.5, 0.6) is 0 Å². The summed E-state index contributed by atoms with van der Waals surface area (Å²) in [6.45, 7) is 4.09. The number of rotatable bonds is 5. The van der Waals surface area contributed by atoms with Gasteiger partial charge in [0.25, 0.3) is 0 Å². The van der Waals surface area contributed by atoms with Crippen molar-refractivity contribution in [2.24, 2.45) is 0 Å². The molecule has 2 aromatic rings. The lowest BCUT2D eigenvalue weighted by Crippen LogP contribution is -2.19. The molecule has 1 aliphatic rings. The largest absolute Gasteiger partial charge is 0.326 e. The van der Waals surface area contributed by atoms with E-state index in [4.69, 9.17) is 0 Å². The van der Waals surface area contributed by atoms with Crippen LogP contribution in [0.25, 0.3) is 0 Å². The van der Waals surface area contributed by atoms with Crippen LogP contribution in [-0.2, 0) is 4.79 Å². The fourth-order valence-corrected chi connectivity index (χ4v) is 2.89. The van der Waals surface area contributed by atoms with Gasteiger partial charge >= 0.3 is 0 Å². The number of benzene rings is 1. The van der Waals surface area contributed by atoms with Gasteiger partial charge in [-0.25, -0.2) is 4.68 Å². The lowest BCUT2D eigenvalue weighted by molar-refractivity contribution is -0.116. The van der Waals surface area contributed by atoms with Crippen LogP contribution in [0.2, 0.25) is 0 Å². The molecule has 1 fully saturated rings. The fraction of sp³-hybridized carbons (Fsp3) is 0.471. The lowest BCUT2D eigenvalue weighted by atomic mass is 9.93. The molecule has 1 atom stereocenters. The zero-order valence-corrected chi connectivity index (χ0v) is 13.1. The Balaban J connectivity index is 1.63. The van der Waals surface area contributed by atoms with Gasteiger partial charge in [0.1, 0.15) is 0 Å². The van der Waals surface area contributed by atoms with Crippen molar-refractivity contribution >= 4 is 11.6 Å². The topological polar surface area (TPSA) is 59.8 Å². The maximum absolute atomic E-state index is 12.1. The first-order chi connectivity index (χ1) is 10.6. The van der Waals surface area contributed by atoms with E-state index in [1.165, 1.54) is 19.3 Å². The summed E-state index contributed by atoms with van der Waals surface area (Å²) in [6.07, 6.45) is 4.06. The summed E-state index contributed by atoms with van der Waals surface area (Å²) in [6, 6.07) is 10.0. The monoisotopic (exact) mass is 298 g/mol. The van der Waals surface area contributed by atoms with E-state index in [-0.39, 0.29) is 11.8 Å². The number of carbonyl (C=O) groups is 1. The van der Waals surface area contributed by atoms with E-state index in [1.54, 1.807) is 0 Å². The highest BCUT2D eigenvalue weighted by Gasteiger charge is 2.25. The fourth-order valence-electron chi connectivity index (χ4n) is 2.89. The van der Waals surface area contributed by atoms with Gasteiger partial charge in [-0.1, -0.05) is 30.3 Å². The van der Waals surface area contributed by atoms with Crippen molar-refractivity contribution in [1.82, 2.24) is 15.0 Å².